The monoisotopic (exact) mass is 310 g/mol. The van der Waals surface area contributed by atoms with Crippen LogP contribution in [0.4, 0.5) is 4.70 Å². The molecule has 58 valence electrons. The molecule has 0 amide bonds. The Hall–Kier alpha value is 6.08. The molecule has 0 spiro atoms. The first-order valence-corrected chi connectivity index (χ1v) is 2.35. The molecule has 0 aromatic carbocycles. The van der Waals surface area contributed by atoms with Crippen molar-refractivity contribution in [3.8, 4) is 0 Å². The Balaban J connectivity index is -0.000000000762. The molecule has 0 fully saturated rings. The van der Waals surface area contributed by atoms with Gasteiger partial charge in [0.05, 0.1) is 0 Å². The number of hydrogen-bond donors (Lipinski definition) is 3. The molecule has 0 aliphatic rings. The molecule has 0 radical (unpaired) electrons. The van der Waals surface area contributed by atoms with Gasteiger partial charge in [-0.3, -0.25) is 4.70 Å². The molecule has 0 aliphatic heterocycles. The SMILES string of the molecule is F.O=P(O)(O)O.[Ca+2].[Ca+2].[Ca+2].[Ca+2].[H-].[H-].[H-].[H-].[H-].[H-].[H-].[H-].[H-].[Na+]. The van der Waals surface area contributed by atoms with Crippen LogP contribution < -0.4 is 29.6 Å². The first kappa shape index (κ1) is 43.5. The van der Waals surface area contributed by atoms with Crippen molar-refractivity contribution in [2.24, 2.45) is 0 Å². The fourth-order valence-electron chi connectivity index (χ4n) is 0. The molecular formula is H13Ca4FNaO4P. The molecule has 11 heavy (non-hydrogen) atoms. The van der Waals surface area contributed by atoms with Crippen molar-refractivity contribution in [1.82, 2.24) is 0 Å². The van der Waals surface area contributed by atoms with Gasteiger partial charge in [0.15, 0.2) is 0 Å². The first-order valence-electron chi connectivity index (χ1n) is 0.783. The third-order valence-electron chi connectivity index (χ3n) is 0. The van der Waals surface area contributed by atoms with Crippen molar-refractivity contribution >= 4 is 159 Å². The van der Waals surface area contributed by atoms with E-state index in [2.05, 4.69) is 0 Å². The maximum absolute atomic E-state index is 8.88. The van der Waals surface area contributed by atoms with E-state index in [1.165, 1.54) is 0 Å². The van der Waals surface area contributed by atoms with Crippen LogP contribution in [0.5, 0.6) is 0 Å². The predicted octanol–water partition coefficient (Wildman–Crippen LogP) is -4.28. The minimum atomic E-state index is -4.64. The van der Waals surface area contributed by atoms with Gasteiger partial charge in [-0.15, -0.1) is 0 Å². The quantitative estimate of drug-likeness (QED) is 0.313. The summed E-state index contributed by atoms with van der Waals surface area (Å²) in [6.07, 6.45) is 0. The summed E-state index contributed by atoms with van der Waals surface area (Å²) in [6.45, 7) is 0. The zero-order valence-corrected chi connectivity index (χ0v) is 18.2. The van der Waals surface area contributed by atoms with E-state index in [4.69, 9.17) is 19.2 Å². The van der Waals surface area contributed by atoms with E-state index in [1.807, 2.05) is 0 Å². The fraction of sp³-hybridized carbons (Fsp3) is 0. The van der Waals surface area contributed by atoms with Crippen molar-refractivity contribution < 1.29 is 66.3 Å². The van der Waals surface area contributed by atoms with Crippen molar-refractivity contribution in [2.45, 2.75) is 0 Å². The summed E-state index contributed by atoms with van der Waals surface area (Å²) in [5.41, 5.74) is 0. The number of rotatable bonds is 0. The molecule has 3 N–H and O–H groups in total. The van der Waals surface area contributed by atoms with Gasteiger partial charge in [0.1, 0.15) is 0 Å². The smallest absolute Gasteiger partial charge is 1.00 e. The van der Waals surface area contributed by atoms with E-state index in [0.29, 0.717) is 0 Å². The van der Waals surface area contributed by atoms with Crippen LogP contribution >= 0.6 is 7.82 Å². The van der Waals surface area contributed by atoms with Gasteiger partial charge in [-0.25, -0.2) is 4.57 Å². The number of phosphoric acid groups is 1. The predicted molar refractivity (Wildman–Crippen MR) is 49.8 cm³/mol. The number of halogens is 1. The zero-order chi connectivity index (χ0) is 4.50. The molecule has 0 atom stereocenters. The van der Waals surface area contributed by atoms with E-state index in [1.54, 1.807) is 0 Å². The molecule has 0 aromatic heterocycles. The molecule has 11 heteroatoms. The second-order valence-electron chi connectivity index (χ2n) is 0.513. The topological polar surface area (TPSA) is 77.8 Å². The van der Waals surface area contributed by atoms with Gasteiger partial charge in [0.2, 0.25) is 0 Å². The molecule has 0 saturated heterocycles. The summed E-state index contributed by atoms with van der Waals surface area (Å²) in [7, 11) is -4.64. The van der Waals surface area contributed by atoms with Crippen molar-refractivity contribution in [3.63, 3.8) is 0 Å². The van der Waals surface area contributed by atoms with Crippen LogP contribution in [-0.2, 0) is 4.57 Å². The molecule has 0 heterocycles. The minimum absolute atomic E-state index is 0. The van der Waals surface area contributed by atoms with Crippen molar-refractivity contribution in [1.29, 1.82) is 0 Å². The largest absolute Gasteiger partial charge is 2.00 e. The molecule has 0 unspecified atom stereocenters. The van der Waals surface area contributed by atoms with Crippen LogP contribution in [0.25, 0.3) is 0 Å². The third kappa shape index (κ3) is 86.2. The summed E-state index contributed by atoms with van der Waals surface area (Å²) in [6, 6.07) is 0. The van der Waals surface area contributed by atoms with E-state index in [-0.39, 0.29) is 198 Å². The fourth-order valence-corrected chi connectivity index (χ4v) is 0. The first-order chi connectivity index (χ1) is 2.00. The van der Waals surface area contributed by atoms with E-state index < -0.39 is 7.82 Å². The average molecular weight is 310 g/mol. The van der Waals surface area contributed by atoms with Gasteiger partial charge in [-0.1, -0.05) is 0 Å². The molecule has 4 nitrogen and oxygen atoms in total. The van der Waals surface area contributed by atoms with E-state index in [0.717, 1.165) is 0 Å². The molecule has 0 aromatic rings. The third-order valence-corrected chi connectivity index (χ3v) is 0. The Kier molecular flexibility index (Phi) is 99.0. The van der Waals surface area contributed by atoms with Crippen LogP contribution in [0.1, 0.15) is 12.8 Å². The Bertz CT molecular complexity index is 88.1. The summed E-state index contributed by atoms with van der Waals surface area (Å²) >= 11 is 0. The second kappa shape index (κ2) is 25.1. The molecule has 0 saturated carbocycles. The Morgan fingerprint density at radius 2 is 0.909 bits per heavy atom. The molecular weight excluding hydrogens is 297 g/mol. The van der Waals surface area contributed by atoms with Gasteiger partial charge < -0.3 is 27.5 Å². The van der Waals surface area contributed by atoms with Gasteiger partial charge in [-0.2, -0.15) is 0 Å². The van der Waals surface area contributed by atoms with Crippen LogP contribution in [0.3, 0.4) is 0 Å². The van der Waals surface area contributed by atoms with Gasteiger partial charge >= 0.3 is 188 Å². The summed E-state index contributed by atoms with van der Waals surface area (Å²) in [5, 5.41) is 0. The Morgan fingerprint density at radius 1 is 0.909 bits per heavy atom. The number of hydrogen-bond acceptors (Lipinski definition) is 1. The second-order valence-corrected chi connectivity index (χ2v) is 1.54. The van der Waals surface area contributed by atoms with Gasteiger partial charge in [0, 0.05) is 0 Å². The molecule has 0 aliphatic carbocycles. The average Bonchev–Trinajstić information content (AvgIpc) is 0.722. The van der Waals surface area contributed by atoms with E-state index in [9.17, 15) is 0 Å². The Morgan fingerprint density at radius 3 is 0.909 bits per heavy atom. The summed E-state index contributed by atoms with van der Waals surface area (Å²) in [5.74, 6) is 0. The molecule has 0 rings (SSSR count). The normalized spacial score (nSPS) is 5.36. The van der Waals surface area contributed by atoms with E-state index >= 15 is 0 Å². The summed E-state index contributed by atoms with van der Waals surface area (Å²) in [4.78, 5) is 21.6. The maximum atomic E-state index is 8.88. The van der Waals surface area contributed by atoms with Crippen molar-refractivity contribution in [3.05, 3.63) is 0 Å². The molecule has 0 bridgehead atoms. The summed E-state index contributed by atoms with van der Waals surface area (Å²) < 4.78 is 8.88. The minimum Gasteiger partial charge on any atom is -1.00 e. The van der Waals surface area contributed by atoms with Gasteiger partial charge in [0.25, 0.3) is 0 Å². The van der Waals surface area contributed by atoms with Crippen molar-refractivity contribution in [2.75, 3.05) is 0 Å². The van der Waals surface area contributed by atoms with Crippen LogP contribution in [0.15, 0.2) is 0 Å². The van der Waals surface area contributed by atoms with Crippen LogP contribution in [0, 0.1) is 0 Å². The Labute approximate surface area is 219 Å². The maximum Gasteiger partial charge on any atom is 2.00 e. The standard InChI is InChI=1S/4Ca.FH.Na.H3O4P.9H/c;;;;;;1-5(2,3)4;;;;;;;;;/h;;;;1H;;(H3,1,2,3,4);;;;;;;;;/q4*+2;;+1;;9*-1. The van der Waals surface area contributed by atoms with Crippen LogP contribution in [-0.4, -0.2) is 166 Å². The van der Waals surface area contributed by atoms with Gasteiger partial charge in [-0.05, 0) is 0 Å². The van der Waals surface area contributed by atoms with Crippen LogP contribution in [0.2, 0.25) is 0 Å². The zero-order valence-electron chi connectivity index (χ0n) is 15.4.